The van der Waals surface area contributed by atoms with E-state index in [1.807, 2.05) is 0 Å². The molecule has 24 heavy (non-hydrogen) atoms. The lowest BCUT2D eigenvalue weighted by Crippen LogP contribution is -2.49. The number of hydrogen-bond acceptors (Lipinski definition) is 4. The summed E-state index contributed by atoms with van der Waals surface area (Å²) in [7, 11) is 0. The van der Waals surface area contributed by atoms with Gasteiger partial charge >= 0.3 is 5.97 Å². The van der Waals surface area contributed by atoms with Crippen LogP contribution in [0.5, 0.6) is 0 Å². The van der Waals surface area contributed by atoms with Gasteiger partial charge in [-0.1, -0.05) is 6.92 Å². The molecule has 0 bridgehead atoms. The molecule has 1 aromatic rings. The predicted octanol–water partition coefficient (Wildman–Crippen LogP) is 1.28. The van der Waals surface area contributed by atoms with Crippen LogP contribution in [-0.4, -0.2) is 30.4 Å². The maximum absolute atomic E-state index is 13.6. The van der Waals surface area contributed by atoms with Gasteiger partial charge in [0, 0.05) is 12.1 Å². The second-order valence-electron chi connectivity index (χ2n) is 5.08. The van der Waals surface area contributed by atoms with Crippen molar-refractivity contribution in [2.75, 3.05) is 6.61 Å². The Morgan fingerprint density at radius 2 is 1.75 bits per heavy atom. The molecule has 9 heteroatoms. The first kappa shape index (κ1) is 19.5. The molecular weight excluding hydrogens is 329 g/mol. The highest BCUT2D eigenvalue weighted by Gasteiger charge is 2.29. The van der Waals surface area contributed by atoms with Crippen molar-refractivity contribution in [1.82, 2.24) is 5.32 Å². The van der Waals surface area contributed by atoms with Crippen LogP contribution in [0, 0.1) is 23.4 Å². The molecule has 0 aliphatic rings. The number of nitrogens with two attached hydrogens (primary N) is 1. The largest absolute Gasteiger partial charge is 0.466 e. The molecule has 0 unspecified atom stereocenters. The van der Waals surface area contributed by atoms with E-state index in [1.165, 1.54) is 6.92 Å². The Labute approximate surface area is 136 Å². The van der Waals surface area contributed by atoms with Gasteiger partial charge in [-0.05, 0) is 12.8 Å². The number of halogens is 3. The van der Waals surface area contributed by atoms with Gasteiger partial charge in [0.05, 0.1) is 13.0 Å². The maximum atomic E-state index is 13.6. The molecule has 0 saturated heterocycles. The van der Waals surface area contributed by atoms with E-state index in [0.717, 1.165) is 0 Å². The Morgan fingerprint density at radius 3 is 2.21 bits per heavy atom. The Morgan fingerprint density at radius 1 is 1.21 bits per heavy atom. The van der Waals surface area contributed by atoms with Gasteiger partial charge in [0.25, 0.3) is 5.91 Å². The van der Waals surface area contributed by atoms with Gasteiger partial charge in [-0.25, -0.2) is 13.2 Å². The third-order valence-corrected chi connectivity index (χ3v) is 3.19. The summed E-state index contributed by atoms with van der Waals surface area (Å²) in [5.41, 5.74) is 4.11. The van der Waals surface area contributed by atoms with E-state index < -0.39 is 52.8 Å². The van der Waals surface area contributed by atoms with Crippen LogP contribution in [0.1, 0.15) is 30.6 Å². The number of benzene rings is 1. The summed E-state index contributed by atoms with van der Waals surface area (Å²) < 4.78 is 44.8. The lowest BCUT2D eigenvalue weighted by Gasteiger charge is -2.22. The van der Waals surface area contributed by atoms with Crippen molar-refractivity contribution < 1.29 is 32.3 Å². The van der Waals surface area contributed by atoms with Gasteiger partial charge in [-0.3, -0.25) is 14.4 Å². The van der Waals surface area contributed by atoms with Gasteiger partial charge in [-0.15, -0.1) is 0 Å². The Balaban J connectivity index is 2.95. The highest BCUT2D eigenvalue weighted by molar-refractivity contribution is 5.98. The molecule has 0 aromatic heterocycles. The normalized spacial score (nSPS) is 13.0. The SMILES string of the molecule is CCOC(=O)C[C@H](C)[C@@H](NC(=O)c1c(F)cc(F)cc1F)C(N)=O. The highest BCUT2D eigenvalue weighted by Crippen LogP contribution is 2.16. The van der Waals surface area contributed by atoms with Crippen molar-refractivity contribution in [1.29, 1.82) is 0 Å². The summed E-state index contributed by atoms with van der Waals surface area (Å²) in [5, 5.41) is 2.06. The second-order valence-corrected chi connectivity index (χ2v) is 5.08. The standard InChI is InChI=1S/C15H17F3N2O4/c1-3-24-11(21)4-7(2)13(14(19)22)20-15(23)12-9(17)5-8(16)6-10(12)18/h5-7,13H,3-4H2,1-2H3,(H2,19,22)(H,20,23)/t7-,13+/m0/s1. The summed E-state index contributed by atoms with van der Waals surface area (Å²) in [5.74, 6) is -7.73. The molecule has 2 amide bonds. The first-order valence-corrected chi connectivity index (χ1v) is 7.07. The van der Waals surface area contributed by atoms with Gasteiger partial charge < -0.3 is 15.8 Å². The molecular formula is C15H17F3N2O4. The third-order valence-electron chi connectivity index (χ3n) is 3.19. The summed E-state index contributed by atoms with van der Waals surface area (Å²) in [4.78, 5) is 34.9. The lowest BCUT2D eigenvalue weighted by molar-refractivity contribution is -0.144. The van der Waals surface area contributed by atoms with Crippen LogP contribution in [0.2, 0.25) is 0 Å². The van der Waals surface area contributed by atoms with E-state index in [9.17, 15) is 27.6 Å². The minimum Gasteiger partial charge on any atom is -0.466 e. The molecule has 0 radical (unpaired) electrons. The highest BCUT2D eigenvalue weighted by atomic mass is 19.1. The number of rotatable bonds is 7. The summed E-state index contributed by atoms with van der Waals surface area (Å²) in [6.07, 6.45) is -0.240. The van der Waals surface area contributed by atoms with E-state index in [2.05, 4.69) is 5.32 Å². The first-order valence-electron chi connectivity index (χ1n) is 7.07. The minimum atomic E-state index is -1.42. The van der Waals surface area contributed by atoms with E-state index in [4.69, 9.17) is 10.5 Å². The first-order chi connectivity index (χ1) is 11.2. The zero-order chi connectivity index (χ0) is 18.4. The molecule has 1 rings (SSSR count). The van der Waals surface area contributed by atoms with Crippen molar-refractivity contribution in [2.45, 2.75) is 26.3 Å². The number of hydrogen-bond donors (Lipinski definition) is 2. The molecule has 0 saturated carbocycles. The van der Waals surface area contributed by atoms with Crippen LogP contribution in [-0.2, 0) is 14.3 Å². The fourth-order valence-electron chi connectivity index (χ4n) is 2.07. The number of ether oxygens (including phenoxy) is 1. The third kappa shape index (κ3) is 4.97. The van der Waals surface area contributed by atoms with E-state index >= 15 is 0 Å². The average Bonchev–Trinajstić information content (AvgIpc) is 2.43. The maximum Gasteiger partial charge on any atom is 0.306 e. The molecule has 1 aromatic carbocycles. The van der Waals surface area contributed by atoms with Crippen molar-refractivity contribution in [3.63, 3.8) is 0 Å². The fraction of sp³-hybridized carbons (Fsp3) is 0.400. The topological polar surface area (TPSA) is 98.5 Å². The average molecular weight is 346 g/mol. The van der Waals surface area contributed by atoms with Crippen LogP contribution in [0.3, 0.4) is 0 Å². The van der Waals surface area contributed by atoms with Crippen LogP contribution >= 0.6 is 0 Å². The smallest absolute Gasteiger partial charge is 0.306 e. The Hall–Kier alpha value is -2.58. The summed E-state index contributed by atoms with van der Waals surface area (Å²) >= 11 is 0. The molecule has 0 aliphatic carbocycles. The zero-order valence-corrected chi connectivity index (χ0v) is 13.1. The molecule has 2 atom stereocenters. The van der Waals surface area contributed by atoms with Crippen molar-refractivity contribution in [2.24, 2.45) is 11.7 Å². The lowest BCUT2D eigenvalue weighted by atomic mass is 9.97. The number of esters is 1. The molecule has 0 fully saturated rings. The molecule has 0 spiro atoms. The van der Waals surface area contributed by atoms with Crippen LogP contribution in [0.15, 0.2) is 12.1 Å². The number of carbonyl (C=O) groups excluding carboxylic acids is 3. The molecule has 132 valence electrons. The van der Waals surface area contributed by atoms with Crippen molar-refractivity contribution in [3.05, 3.63) is 35.1 Å². The Bertz CT molecular complexity index is 629. The van der Waals surface area contributed by atoms with Gasteiger partial charge in [-0.2, -0.15) is 0 Å². The minimum absolute atomic E-state index is 0.130. The second kappa shape index (κ2) is 8.32. The molecule has 0 heterocycles. The van der Waals surface area contributed by atoms with Crippen LogP contribution in [0.4, 0.5) is 13.2 Å². The fourth-order valence-corrected chi connectivity index (χ4v) is 2.07. The van der Waals surface area contributed by atoms with Crippen molar-refractivity contribution in [3.8, 4) is 0 Å². The van der Waals surface area contributed by atoms with Crippen molar-refractivity contribution >= 4 is 17.8 Å². The van der Waals surface area contributed by atoms with Gasteiger partial charge in [0.2, 0.25) is 5.91 Å². The number of primary amides is 1. The number of amides is 2. The van der Waals surface area contributed by atoms with Gasteiger partial charge in [0.1, 0.15) is 29.1 Å². The molecule has 0 aliphatic heterocycles. The van der Waals surface area contributed by atoms with Crippen LogP contribution in [0.25, 0.3) is 0 Å². The van der Waals surface area contributed by atoms with Gasteiger partial charge in [0.15, 0.2) is 0 Å². The van der Waals surface area contributed by atoms with E-state index in [0.29, 0.717) is 12.1 Å². The molecule has 3 N–H and O–H groups in total. The Kier molecular flexibility index (Phi) is 6.75. The summed E-state index contributed by atoms with van der Waals surface area (Å²) in [6.45, 7) is 3.16. The zero-order valence-electron chi connectivity index (χ0n) is 13.1. The molecule has 6 nitrogen and oxygen atoms in total. The van der Waals surface area contributed by atoms with Crippen LogP contribution < -0.4 is 11.1 Å². The predicted molar refractivity (Wildman–Crippen MR) is 77.2 cm³/mol. The number of nitrogens with one attached hydrogen (secondary N) is 1. The number of carbonyl (C=O) groups is 3. The summed E-state index contributed by atoms with van der Waals surface area (Å²) in [6, 6.07) is -0.704. The van der Waals surface area contributed by atoms with E-state index in [-0.39, 0.29) is 13.0 Å². The quantitative estimate of drug-likeness (QED) is 0.727. The monoisotopic (exact) mass is 346 g/mol. The van der Waals surface area contributed by atoms with E-state index in [1.54, 1.807) is 6.92 Å².